The number of hydrogen-bond acceptors (Lipinski definition) is 4. The Bertz CT molecular complexity index is 296. The lowest BCUT2D eigenvalue weighted by molar-refractivity contribution is 0.0292. The lowest BCUT2D eigenvalue weighted by Gasteiger charge is -2.17. The summed E-state index contributed by atoms with van der Waals surface area (Å²) in [5.74, 6) is 0.376. The van der Waals surface area contributed by atoms with Gasteiger partial charge in [0.05, 0.1) is 0 Å². The van der Waals surface area contributed by atoms with Gasteiger partial charge in [-0.2, -0.15) is 0 Å². The van der Waals surface area contributed by atoms with Crippen molar-refractivity contribution in [3.8, 4) is 0 Å². The minimum absolute atomic E-state index is 0.0127. The Kier molecular flexibility index (Phi) is 4.22. The van der Waals surface area contributed by atoms with Crippen molar-refractivity contribution in [1.29, 1.82) is 0 Å². The number of hydrogen-bond donors (Lipinski definition) is 0. The molecular weight excluding hydrogens is 198 g/mol. The second kappa shape index (κ2) is 5.22. The van der Waals surface area contributed by atoms with Crippen molar-refractivity contribution in [1.82, 2.24) is 4.98 Å². The van der Waals surface area contributed by atoms with Gasteiger partial charge in [0, 0.05) is 12.0 Å². The maximum Gasteiger partial charge on any atom is 0.169 e. The topological polar surface area (TPSA) is 39.2 Å². The van der Waals surface area contributed by atoms with Crippen LogP contribution in [0.1, 0.15) is 42.4 Å². The zero-order valence-corrected chi connectivity index (χ0v) is 9.50. The van der Waals surface area contributed by atoms with Crippen LogP contribution in [0.15, 0.2) is 5.38 Å². The van der Waals surface area contributed by atoms with Gasteiger partial charge in [-0.3, -0.25) is 4.79 Å². The molecule has 0 fully saturated rings. The van der Waals surface area contributed by atoms with Crippen LogP contribution in [0.2, 0.25) is 0 Å². The molecule has 4 heteroatoms. The van der Waals surface area contributed by atoms with E-state index < -0.39 is 0 Å². The van der Waals surface area contributed by atoms with Crippen LogP contribution in [0.3, 0.4) is 0 Å². The van der Waals surface area contributed by atoms with Gasteiger partial charge >= 0.3 is 0 Å². The molecular formula is C10H15NO2S. The lowest BCUT2D eigenvalue weighted by Crippen LogP contribution is -2.10. The van der Waals surface area contributed by atoms with E-state index in [0.717, 1.165) is 11.3 Å². The highest BCUT2D eigenvalue weighted by atomic mass is 32.1. The van der Waals surface area contributed by atoms with Crippen LogP contribution >= 0.6 is 11.3 Å². The highest BCUT2D eigenvalue weighted by molar-refractivity contribution is 7.09. The lowest BCUT2D eigenvalue weighted by atomic mass is 10.1. The summed E-state index contributed by atoms with van der Waals surface area (Å²) in [4.78, 5) is 14.7. The van der Waals surface area contributed by atoms with E-state index >= 15 is 0 Å². The van der Waals surface area contributed by atoms with Crippen LogP contribution in [0.4, 0.5) is 0 Å². The van der Waals surface area contributed by atoms with E-state index in [1.165, 1.54) is 11.3 Å². The average Bonchev–Trinajstić information content (AvgIpc) is 2.61. The van der Waals surface area contributed by atoms with Gasteiger partial charge in [0.25, 0.3) is 0 Å². The van der Waals surface area contributed by atoms with Gasteiger partial charge in [0.1, 0.15) is 16.8 Å². The van der Waals surface area contributed by atoms with E-state index in [1.807, 2.05) is 6.92 Å². The first-order chi connectivity index (χ1) is 6.69. The zero-order valence-electron chi connectivity index (χ0n) is 8.69. The average molecular weight is 213 g/mol. The molecule has 0 spiro atoms. The Morgan fingerprint density at radius 3 is 2.79 bits per heavy atom. The van der Waals surface area contributed by atoms with Crippen molar-refractivity contribution in [2.24, 2.45) is 5.92 Å². The van der Waals surface area contributed by atoms with Crippen molar-refractivity contribution in [3.63, 3.8) is 0 Å². The molecule has 1 heterocycles. The molecule has 3 nitrogen and oxygen atoms in total. The van der Waals surface area contributed by atoms with Gasteiger partial charge in [-0.1, -0.05) is 13.8 Å². The fraction of sp³-hybridized carbons (Fsp3) is 0.600. The highest BCUT2D eigenvalue weighted by Crippen LogP contribution is 2.27. The highest BCUT2D eigenvalue weighted by Gasteiger charge is 2.19. The maximum absolute atomic E-state index is 10.5. The quantitative estimate of drug-likeness (QED) is 0.706. The molecule has 14 heavy (non-hydrogen) atoms. The van der Waals surface area contributed by atoms with E-state index in [2.05, 4.69) is 18.8 Å². The summed E-state index contributed by atoms with van der Waals surface area (Å²) >= 11 is 1.48. The van der Waals surface area contributed by atoms with E-state index in [4.69, 9.17) is 4.74 Å². The molecule has 1 atom stereocenters. The Balaban J connectivity index is 2.81. The van der Waals surface area contributed by atoms with Crippen LogP contribution in [-0.2, 0) is 4.74 Å². The van der Waals surface area contributed by atoms with Crippen molar-refractivity contribution in [2.75, 3.05) is 6.61 Å². The summed E-state index contributed by atoms with van der Waals surface area (Å²) in [6.07, 6.45) is 0.780. The molecule has 1 aromatic rings. The standard InChI is InChI=1S/C10H15NO2S/c1-4-13-9(7(2)3)10-11-8(5-12)6-14-10/h5-7,9H,4H2,1-3H3. The first kappa shape index (κ1) is 11.3. The second-order valence-electron chi connectivity index (χ2n) is 3.35. The molecule has 0 N–H and O–H groups in total. The molecule has 0 aromatic carbocycles. The van der Waals surface area contributed by atoms with Gasteiger partial charge < -0.3 is 4.74 Å². The van der Waals surface area contributed by atoms with E-state index in [0.29, 0.717) is 18.2 Å². The van der Waals surface area contributed by atoms with Crippen LogP contribution in [0.25, 0.3) is 0 Å². The van der Waals surface area contributed by atoms with Gasteiger partial charge in [-0.25, -0.2) is 4.98 Å². The normalized spacial score (nSPS) is 13.1. The van der Waals surface area contributed by atoms with E-state index in [9.17, 15) is 4.79 Å². The molecule has 0 aliphatic heterocycles. The Morgan fingerprint density at radius 1 is 1.64 bits per heavy atom. The third kappa shape index (κ3) is 2.62. The third-order valence-corrected chi connectivity index (χ3v) is 2.78. The summed E-state index contributed by atoms with van der Waals surface area (Å²) in [5, 5.41) is 2.65. The predicted molar refractivity (Wildman–Crippen MR) is 56.7 cm³/mol. The molecule has 0 bridgehead atoms. The number of aldehydes is 1. The molecule has 1 unspecified atom stereocenters. The molecule has 1 rings (SSSR count). The molecule has 0 aliphatic carbocycles. The van der Waals surface area contributed by atoms with E-state index in [-0.39, 0.29) is 6.10 Å². The van der Waals surface area contributed by atoms with Crippen molar-refractivity contribution in [3.05, 3.63) is 16.1 Å². The van der Waals surface area contributed by atoms with Crippen LogP contribution in [-0.4, -0.2) is 17.9 Å². The molecule has 0 radical (unpaired) electrons. The molecule has 0 saturated heterocycles. The number of nitrogens with zero attached hydrogens (tertiary/aromatic N) is 1. The smallest absolute Gasteiger partial charge is 0.169 e. The summed E-state index contributed by atoms with van der Waals surface area (Å²) in [6, 6.07) is 0. The fourth-order valence-electron chi connectivity index (χ4n) is 1.21. The maximum atomic E-state index is 10.5. The second-order valence-corrected chi connectivity index (χ2v) is 4.24. The Morgan fingerprint density at radius 2 is 2.36 bits per heavy atom. The number of ether oxygens (including phenoxy) is 1. The monoisotopic (exact) mass is 213 g/mol. The van der Waals surface area contributed by atoms with Crippen molar-refractivity contribution < 1.29 is 9.53 Å². The van der Waals surface area contributed by atoms with Crippen LogP contribution < -0.4 is 0 Å². The summed E-state index contributed by atoms with van der Waals surface area (Å²) in [5.41, 5.74) is 0.496. The summed E-state index contributed by atoms with van der Waals surface area (Å²) in [6.45, 7) is 6.80. The van der Waals surface area contributed by atoms with Gasteiger partial charge in [0.2, 0.25) is 0 Å². The number of thiazole rings is 1. The molecule has 1 aromatic heterocycles. The third-order valence-electron chi connectivity index (χ3n) is 1.86. The summed E-state index contributed by atoms with van der Waals surface area (Å²) < 4.78 is 5.58. The predicted octanol–water partition coefficient (Wildman–Crippen LogP) is 2.69. The minimum atomic E-state index is 0.0127. The fourth-order valence-corrected chi connectivity index (χ4v) is 2.20. The van der Waals surface area contributed by atoms with Crippen LogP contribution in [0, 0.1) is 5.92 Å². The largest absolute Gasteiger partial charge is 0.371 e. The van der Waals surface area contributed by atoms with Crippen molar-refractivity contribution >= 4 is 17.6 Å². The number of rotatable bonds is 5. The zero-order chi connectivity index (χ0) is 10.6. The van der Waals surface area contributed by atoms with Crippen LogP contribution in [0.5, 0.6) is 0 Å². The molecule has 78 valence electrons. The molecule has 0 aliphatic rings. The Hall–Kier alpha value is -0.740. The first-order valence-electron chi connectivity index (χ1n) is 4.71. The summed E-state index contributed by atoms with van der Waals surface area (Å²) in [7, 11) is 0. The number of carbonyl (C=O) groups excluding carboxylic acids is 1. The van der Waals surface area contributed by atoms with Gasteiger partial charge in [0.15, 0.2) is 6.29 Å². The van der Waals surface area contributed by atoms with Gasteiger partial charge in [-0.15, -0.1) is 11.3 Å². The minimum Gasteiger partial charge on any atom is -0.371 e. The number of aromatic nitrogens is 1. The van der Waals surface area contributed by atoms with Gasteiger partial charge in [-0.05, 0) is 12.8 Å². The van der Waals surface area contributed by atoms with E-state index in [1.54, 1.807) is 5.38 Å². The number of carbonyl (C=O) groups is 1. The molecule has 0 amide bonds. The SMILES string of the molecule is CCOC(c1nc(C=O)cs1)C(C)C. The Labute approximate surface area is 88.1 Å². The first-order valence-corrected chi connectivity index (χ1v) is 5.59. The molecule has 0 saturated carbocycles. The van der Waals surface area contributed by atoms with Crippen molar-refractivity contribution in [2.45, 2.75) is 26.9 Å².